The number of thiol groups is 3. The highest BCUT2D eigenvalue weighted by molar-refractivity contribution is 7.85. The molecule has 1 rings (SSSR count). The zero-order valence-electron chi connectivity index (χ0n) is 7.38. The van der Waals surface area contributed by atoms with Crippen LogP contribution in [0.4, 0.5) is 0 Å². The summed E-state index contributed by atoms with van der Waals surface area (Å²) in [6.45, 7) is 0.453. The van der Waals surface area contributed by atoms with Crippen LogP contribution in [0.5, 0.6) is 0 Å². The molecule has 0 saturated heterocycles. The molecule has 76 valence electrons. The van der Waals surface area contributed by atoms with E-state index in [1.165, 1.54) is 0 Å². The molecule has 0 fully saturated rings. The van der Waals surface area contributed by atoms with E-state index in [-0.39, 0.29) is 6.61 Å². The number of hydrogen-bond acceptors (Lipinski definition) is 5. The third-order valence-electron chi connectivity index (χ3n) is 1.62. The third-order valence-corrected chi connectivity index (χ3v) is 3.29. The predicted octanol–water partition coefficient (Wildman–Crippen LogP) is 1.96. The van der Waals surface area contributed by atoms with Crippen LogP contribution in [0, 0.1) is 0 Å². The average molecular weight is 245 g/mol. The topological polar surface area (TPSA) is 32.6 Å². The van der Waals surface area contributed by atoms with Crippen molar-refractivity contribution in [3.63, 3.8) is 0 Å². The number of aliphatic hydroxyl groups excluding tert-OH is 1. The van der Waals surface area contributed by atoms with Crippen molar-refractivity contribution < 1.29 is 5.11 Å². The third kappa shape index (κ3) is 2.95. The van der Waals surface area contributed by atoms with Crippen molar-refractivity contribution in [1.82, 2.24) is 0 Å². The summed E-state index contributed by atoms with van der Waals surface area (Å²) in [5.74, 6) is 0. The molecule has 0 bridgehead atoms. The first-order valence-electron chi connectivity index (χ1n) is 4.01. The van der Waals surface area contributed by atoms with Crippen molar-refractivity contribution in [3.05, 3.63) is 17.7 Å². The molecule has 0 unspecified atom stereocenters. The standard InChI is InChI=1S/C9H11NOS3/c11-4-3-10-5-6-1-2-7(12)9(14)8(6)13/h1-2,5,11-14H,3-4H2. The van der Waals surface area contributed by atoms with E-state index in [0.29, 0.717) is 6.54 Å². The van der Waals surface area contributed by atoms with Crippen LogP contribution in [0.1, 0.15) is 5.56 Å². The summed E-state index contributed by atoms with van der Waals surface area (Å²) in [4.78, 5) is 6.29. The SMILES string of the molecule is OCCN=Cc1ccc(S)c(S)c1S. The largest absolute Gasteiger partial charge is 0.394 e. The fraction of sp³-hybridized carbons (Fsp3) is 0.222. The number of aliphatic imine (C=N–C) groups is 1. The zero-order chi connectivity index (χ0) is 10.6. The first-order chi connectivity index (χ1) is 6.66. The summed E-state index contributed by atoms with van der Waals surface area (Å²) >= 11 is 12.8. The van der Waals surface area contributed by atoms with E-state index in [0.717, 1.165) is 20.2 Å². The van der Waals surface area contributed by atoms with Gasteiger partial charge in [-0.1, -0.05) is 6.07 Å². The Labute approximate surface area is 99.7 Å². The molecule has 0 aromatic heterocycles. The van der Waals surface area contributed by atoms with Gasteiger partial charge in [-0.25, -0.2) is 0 Å². The maximum Gasteiger partial charge on any atom is 0.0626 e. The summed E-state index contributed by atoms with van der Waals surface area (Å²) in [5, 5.41) is 8.55. The number of benzene rings is 1. The van der Waals surface area contributed by atoms with Crippen molar-refractivity contribution >= 4 is 44.1 Å². The van der Waals surface area contributed by atoms with Crippen LogP contribution in [-0.4, -0.2) is 24.5 Å². The molecule has 0 aliphatic heterocycles. The van der Waals surface area contributed by atoms with Crippen molar-refractivity contribution in [2.75, 3.05) is 13.2 Å². The minimum Gasteiger partial charge on any atom is -0.394 e. The van der Waals surface area contributed by atoms with Gasteiger partial charge in [-0.05, 0) is 6.07 Å². The van der Waals surface area contributed by atoms with Crippen molar-refractivity contribution in [2.45, 2.75) is 14.7 Å². The van der Waals surface area contributed by atoms with Crippen LogP contribution in [0.25, 0.3) is 0 Å². The fourth-order valence-corrected chi connectivity index (χ4v) is 1.64. The minimum atomic E-state index is 0.0524. The van der Waals surface area contributed by atoms with Gasteiger partial charge in [0, 0.05) is 26.5 Å². The molecule has 14 heavy (non-hydrogen) atoms. The quantitative estimate of drug-likeness (QED) is 0.476. The lowest BCUT2D eigenvalue weighted by atomic mass is 10.2. The Morgan fingerprint density at radius 1 is 1.21 bits per heavy atom. The maximum atomic E-state index is 8.55. The second kappa shape index (κ2) is 5.70. The maximum absolute atomic E-state index is 8.55. The van der Waals surface area contributed by atoms with Gasteiger partial charge in [0.1, 0.15) is 0 Å². The van der Waals surface area contributed by atoms with Gasteiger partial charge in [0.05, 0.1) is 13.2 Å². The molecule has 5 heteroatoms. The molecular formula is C9H11NOS3. The molecule has 0 aliphatic carbocycles. The predicted molar refractivity (Wildman–Crippen MR) is 67.7 cm³/mol. The molecule has 1 N–H and O–H groups in total. The number of nitrogens with zero attached hydrogens (tertiary/aromatic N) is 1. The Hall–Kier alpha value is -0.100. The van der Waals surface area contributed by atoms with Crippen LogP contribution in [0.2, 0.25) is 0 Å². The summed E-state index contributed by atoms with van der Waals surface area (Å²) in [6.07, 6.45) is 1.67. The molecule has 0 atom stereocenters. The van der Waals surface area contributed by atoms with E-state index < -0.39 is 0 Å². The van der Waals surface area contributed by atoms with Crippen molar-refractivity contribution in [2.24, 2.45) is 4.99 Å². The number of rotatable bonds is 3. The van der Waals surface area contributed by atoms with Gasteiger partial charge in [-0.15, -0.1) is 37.9 Å². The molecule has 1 aromatic carbocycles. The molecule has 0 spiro atoms. The molecule has 0 aliphatic rings. The Balaban J connectivity index is 2.94. The van der Waals surface area contributed by atoms with Gasteiger partial charge in [-0.3, -0.25) is 4.99 Å². The monoisotopic (exact) mass is 245 g/mol. The van der Waals surface area contributed by atoms with Gasteiger partial charge in [0.2, 0.25) is 0 Å². The lowest BCUT2D eigenvalue weighted by Crippen LogP contribution is -1.91. The van der Waals surface area contributed by atoms with E-state index in [2.05, 4.69) is 42.9 Å². The van der Waals surface area contributed by atoms with E-state index in [1.54, 1.807) is 6.21 Å². The summed E-state index contributed by atoms with van der Waals surface area (Å²) in [7, 11) is 0. The summed E-state index contributed by atoms with van der Waals surface area (Å²) in [5.41, 5.74) is 0.879. The highest BCUT2D eigenvalue weighted by Crippen LogP contribution is 2.27. The van der Waals surface area contributed by atoms with E-state index in [4.69, 9.17) is 5.11 Å². The van der Waals surface area contributed by atoms with Crippen LogP contribution >= 0.6 is 37.9 Å². The second-order valence-electron chi connectivity index (χ2n) is 2.63. The molecule has 2 nitrogen and oxygen atoms in total. The average Bonchev–Trinajstić information content (AvgIpc) is 2.18. The van der Waals surface area contributed by atoms with Crippen molar-refractivity contribution in [3.8, 4) is 0 Å². The van der Waals surface area contributed by atoms with Crippen LogP contribution in [-0.2, 0) is 0 Å². The Morgan fingerprint density at radius 3 is 2.57 bits per heavy atom. The lowest BCUT2D eigenvalue weighted by molar-refractivity contribution is 0.307. The zero-order valence-corrected chi connectivity index (χ0v) is 10.1. The highest BCUT2D eigenvalue weighted by Gasteiger charge is 2.03. The molecule has 0 radical (unpaired) electrons. The first kappa shape index (κ1) is 12.0. The fourth-order valence-electron chi connectivity index (χ4n) is 0.909. The van der Waals surface area contributed by atoms with Gasteiger partial charge in [0.15, 0.2) is 0 Å². The smallest absolute Gasteiger partial charge is 0.0626 e. The second-order valence-corrected chi connectivity index (χ2v) is 4.01. The van der Waals surface area contributed by atoms with Crippen LogP contribution in [0.15, 0.2) is 31.8 Å². The van der Waals surface area contributed by atoms with Gasteiger partial charge in [-0.2, -0.15) is 0 Å². The molecule has 0 heterocycles. The summed E-state index contributed by atoms with van der Waals surface area (Å²) < 4.78 is 0. The molecular weight excluding hydrogens is 234 g/mol. The van der Waals surface area contributed by atoms with E-state index in [1.807, 2.05) is 12.1 Å². The van der Waals surface area contributed by atoms with E-state index in [9.17, 15) is 0 Å². The Morgan fingerprint density at radius 2 is 1.93 bits per heavy atom. The highest BCUT2D eigenvalue weighted by atomic mass is 32.1. The molecule has 0 amide bonds. The first-order valence-corrected chi connectivity index (χ1v) is 5.35. The van der Waals surface area contributed by atoms with Crippen LogP contribution < -0.4 is 0 Å². The Bertz CT molecular complexity index is 352. The minimum absolute atomic E-state index is 0.0524. The lowest BCUT2D eigenvalue weighted by Gasteiger charge is -2.04. The molecule has 1 aromatic rings. The van der Waals surface area contributed by atoms with Crippen LogP contribution in [0.3, 0.4) is 0 Å². The summed E-state index contributed by atoms with van der Waals surface area (Å²) in [6, 6.07) is 3.71. The van der Waals surface area contributed by atoms with Gasteiger partial charge >= 0.3 is 0 Å². The normalized spacial score (nSPS) is 11.1. The number of hydrogen-bond donors (Lipinski definition) is 4. The van der Waals surface area contributed by atoms with Gasteiger partial charge < -0.3 is 5.11 Å². The van der Waals surface area contributed by atoms with Gasteiger partial charge in [0.25, 0.3) is 0 Å². The molecule has 0 saturated carbocycles. The van der Waals surface area contributed by atoms with Crippen molar-refractivity contribution in [1.29, 1.82) is 0 Å². The Kier molecular flexibility index (Phi) is 4.88. The number of aliphatic hydroxyl groups is 1. The van der Waals surface area contributed by atoms with E-state index >= 15 is 0 Å².